The van der Waals surface area contributed by atoms with E-state index in [-0.39, 0.29) is 35.6 Å². The van der Waals surface area contributed by atoms with Crippen LogP contribution in [-0.2, 0) is 10.0 Å². The Kier molecular flexibility index (Phi) is 8.89. The van der Waals surface area contributed by atoms with Crippen LogP contribution in [0.5, 0.6) is 0 Å². The number of hydrogen-bond acceptors (Lipinski definition) is 10. The number of likely N-dealkylation sites (tertiary alicyclic amines) is 1. The van der Waals surface area contributed by atoms with Gasteiger partial charge in [-0.05, 0) is 65.8 Å². The van der Waals surface area contributed by atoms with Crippen molar-refractivity contribution >= 4 is 38.9 Å². The lowest BCUT2D eigenvalue weighted by Gasteiger charge is -2.38. The molecule has 0 bridgehead atoms. The highest BCUT2D eigenvalue weighted by Gasteiger charge is 2.43. The monoisotopic (exact) mass is 624 g/mol. The number of sulfonamides is 1. The number of halogens is 3. The van der Waals surface area contributed by atoms with E-state index in [0.29, 0.717) is 23.5 Å². The fraction of sp³-hybridized carbons (Fsp3) is 0.607. The summed E-state index contributed by atoms with van der Waals surface area (Å²) >= 11 is 0. The standard InChI is InChI=1S/C28H39F3N8O3S/c1-17(2)39-25-23(14-32-27(35-25)33-19-6-8-20(9-7-19)37(3)4)34-24(26(39)40)18-5-10-22(21(29)13-18)36-43(41,42)12-11-38-15-28(30,31)16-38/h5,10,13-14,17,19-20,26,36,40H,6-9,11-12,15-16H2,1-4H3,(H,32,33,35). The average Bonchev–Trinajstić information content (AvgIpc) is 2.91. The zero-order valence-electron chi connectivity index (χ0n) is 24.8. The van der Waals surface area contributed by atoms with Crippen LogP contribution in [0.3, 0.4) is 0 Å². The molecular weight excluding hydrogens is 585 g/mol. The fourth-order valence-electron chi connectivity index (χ4n) is 5.79. The number of aliphatic imine (C=N–C) groups is 1. The van der Waals surface area contributed by atoms with Gasteiger partial charge in [0.25, 0.3) is 5.92 Å². The van der Waals surface area contributed by atoms with Crippen molar-refractivity contribution in [1.29, 1.82) is 0 Å². The third-order valence-corrected chi connectivity index (χ3v) is 9.43. The van der Waals surface area contributed by atoms with E-state index in [1.807, 2.05) is 13.8 Å². The minimum Gasteiger partial charge on any atom is -0.368 e. The van der Waals surface area contributed by atoms with Gasteiger partial charge in [-0.15, -0.1) is 0 Å². The molecule has 15 heteroatoms. The average molecular weight is 625 g/mol. The topological polar surface area (TPSA) is 126 Å². The predicted octanol–water partition coefficient (Wildman–Crippen LogP) is 3.26. The van der Waals surface area contributed by atoms with Crippen LogP contribution in [-0.4, -0.2) is 109 Å². The molecule has 0 radical (unpaired) electrons. The highest BCUT2D eigenvalue weighted by molar-refractivity contribution is 7.92. The third kappa shape index (κ3) is 7.21. The van der Waals surface area contributed by atoms with Gasteiger partial charge in [0.15, 0.2) is 12.0 Å². The Bertz CT molecular complexity index is 1460. The molecule has 5 rings (SSSR count). The Balaban J connectivity index is 1.31. The predicted molar refractivity (Wildman–Crippen MR) is 160 cm³/mol. The Morgan fingerprint density at radius 3 is 2.47 bits per heavy atom. The minimum absolute atomic E-state index is 0.0883. The summed E-state index contributed by atoms with van der Waals surface area (Å²) in [5, 5.41) is 14.8. The van der Waals surface area contributed by atoms with Crippen molar-refractivity contribution < 1.29 is 26.7 Å². The molecule has 11 nitrogen and oxygen atoms in total. The molecule has 3 aliphatic rings. The first kappa shape index (κ1) is 31.4. The maximum Gasteiger partial charge on any atom is 0.272 e. The van der Waals surface area contributed by atoms with Crippen LogP contribution in [0.2, 0.25) is 0 Å². The molecule has 1 saturated heterocycles. The second-order valence-electron chi connectivity index (χ2n) is 12.1. The molecule has 0 spiro atoms. The van der Waals surface area contributed by atoms with Crippen LogP contribution < -0.4 is 14.9 Å². The first-order valence-corrected chi connectivity index (χ1v) is 16.1. The number of benzene rings is 1. The van der Waals surface area contributed by atoms with Crippen molar-refractivity contribution in [3.63, 3.8) is 0 Å². The lowest BCUT2D eigenvalue weighted by molar-refractivity contribution is -0.128. The minimum atomic E-state index is -3.98. The van der Waals surface area contributed by atoms with Gasteiger partial charge in [0.05, 0.1) is 36.4 Å². The van der Waals surface area contributed by atoms with Crippen LogP contribution in [0.15, 0.2) is 29.4 Å². The molecule has 2 fully saturated rings. The summed E-state index contributed by atoms with van der Waals surface area (Å²) in [6.45, 7) is 2.72. The van der Waals surface area contributed by atoms with Crippen molar-refractivity contribution in [3.05, 3.63) is 35.8 Å². The van der Waals surface area contributed by atoms with E-state index in [1.54, 1.807) is 11.1 Å². The van der Waals surface area contributed by atoms with Gasteiger partial charge in [-0.1, -0.05) is 6.07 Å². The van der Waals surface area contributed by atoms with E-state index in [2.05, 4.69) is 39.0 Å². The maximum absolute atomic E-state index is 15.1. The molecule has 1 unspecified atom stereocenters. The first-order chi connectivity index (χ1) is 20.2. The lowest BCUT2D eigenvalue weighted by Crippen LogP contribution is -2.57. The number of anilines is 3. The van der Waals surface area contributed by atoms with Crippen molar-refractivity contribution in [1.82, 2.24) is 19.8 Å². The molecule has 0 amide bonds. The molecule has 236 valence electrons. The van der Waals surface area contributed by atoms with Crippen LogP contribution >= 0.6 is 0 Å². The van der Waals surface area contributed by atoms with E-state index in [9.17, 15) is 22.3 Å². The Hall–Kier alpha value is -3.01. The number of hydrogen-bond donors (Lipinski definition) is 3. The summed E-state index contributed by atoms with van der Waals surface area (Å²) in [7, 11) is 0.212. The highest BCUT2D eigenvalue weighted by Crippen LogP contribution is 2.36. The quantitative estimate of drug-likeness (QED) is 0.365. The van der Waals surface area contributed by atoms with Gasteiger partial charge < -0.3 is 20.2 Å². The second-order valence-corrected chi connectivity index (χ2v) is 13.9. The van der Waals surface area contributed by atoms with Crippen molar-refractivity contribution in [2.45, 2.75) is 69.8 Å². The van der Waals surface area contributed by atoms with E-state index < -0.39 is 46.8 Å². The Morgan fingerprint density at radius 1 is 1.16 bits per heavy atom. The molecule has 1 aromatic heterocycles. The zero-order chi connectivity index (χ0) is 31.1. The smallest absolute Gasteiger partial charge is 0.272 e. The largest absolute Gasteiger partial charge is 0.368 e. The van der Waals surface area contributed by atoms with Gasteiger partial charge >= 0.3 is 0 Å². The summed E-state index contributed by atoms with van der Waals surface area (Å²) in [5.74, 6) is -3.21. The van der Waals surface area contributed by atoms with Gasteiger partial charge in [-0.25, -0.2) is 31.6 Å². The summed E-state index contributed by atoms with van der Waals surface area (Å²) in [6.07, 6.45) is 4.48. The third-order valence-electron chi connectivity index (χ3n) is 8.18. The van der Waals surface area contributed by atoms with E-state index in [1.165, 1.54) is 17.0 Å². The number of aliphatic hydroxyl groups excluding tert-OH is 1. The van der Waals surface area contributed by atoms with Crippen molar-refractivity contribution in [2.75, 3.05) is 54.4 Å². The number of rotatable bonds is 10. The molecule has 1 aliphatic carbocycles. The van der Waals surface area contributed by atoms with Crippen LogP contribution in [0.4, 0.5) is 36.3 Å². The molecule has 1 saturated carbocycles. The number of nitrogens with zero attached hydrogens (tertiary/aromatic N) is 6. The molecule has 2 aromatic rings. The molecule has 2 aliphatic heterocycles. The molecule has 1 atom stereocenters. The molecule has 1 aromatic carbocycles. The number of alkyl halides is 2. The normalized spacial score (nSPS) is 24.0. The molecule has 43 heavy (non-hydrogen) atoms. The van der Waals surface area contributed by atoms with Crippen molar-refractivity contribution in [2.24, 2.45) is 4.99 Å². The Labute approximate surface area is 250 Å². The summed E-state index contributed by atoms with van der Waals surface area (Å²) in [5.41, 5.74) is 0.549. The van der Waals surface area contributed by atoms with E-state index in [4.69, 9.17) is 4.98 Å². The summed E-state index contributed by atoms with van der Waals surface area (Å²) < 4.78 is 68.3. The van der Waals surface area contributed by atoms with Crippen LogP contribution in [0.25, 0.3) is 0 Å². The summed E-state index contributed by atoms with van der Waals surface area (Å²) in [4.78, 5) is 19.0. The maximum atomic E-state index is 15.1. The first-order valence-electron chi connectivity index (χ1n) is 14.5. The van der Waals surface area contributed by atoms with E-state index >= 15 is 4.39 Å². The number of nitrogens with one attached hydrogen (secondary N) is 2. The SMILES string of the molecule is CC(C)N1c2nc(NC3CCC(N(C)C)CC3)ncc2N=C(c2ccc(NS(=O)(=O)CCN3CC(F)(F)C3)c(F)c2)C1O. The summed E-state index contributed by atoms with van der Waals surface area (Å²) in [6, 6.07) is 4.42. The van der Waals surface area contributed by atoms with E-state index in [0.717, 1.165) is 31.7 Å². The molecular formula is C28H39F3N8O3S. The van der Waals surface area contributed by atoms with Gasteiger partial charge in [0.1, 0.15) is 11.5 Å². The van der Waals surface area contributed by atoms with Gasteiger partial charge in [0.2, 0.25) is 16.0 Å². The second kappa shape index (κ2) is 12.2. The number of fused-ring (bicyclic) bond motifs is 1. The lowest BCUT2D eigenvalue weighted by atomic mass is 9.91. The Morgan fingerprint density at radius 2 is 1.86 bits per heavy atom. The highest BCUT2D eigenvalue weighted by atomic mass is 32.2. The fourth-order valence-corrected chi connectivity index (χ4v) is 6.89. The van der Waals surface area contributed by atoms with Crippen LogP contribution in [0, 0.1) is 5.82 Å². The number of aliphatic hydroxyl groups is 1. The van der Waals surface area contributed by atoms with Crippen LogP contribution in [0.1, 0.15) is 45.1 Å². The van der Waals surface area contributed by atoms with Crippen molar-refractivity contribution in [3.8, 4) is 0 Å². The van der Waals surface area contributed by atoms with Gasteiger partial charge in [0, 0.05) is 30.2 Å². The zero-order valence-corrected chi connectivity index (χ0v) is 25.6. The molecule has 3 N–H and O–H groups in total. The van der Waals surface area contributed by atoms with Gasteiger partial charge in [-0.3, -0.25) is 9.62 Å². The number of aromatic nitrogens is 2. The van der Waals surface area contributed by atoms with Gasteiger partial charge in [-0.2, -0.15) is 4.98 Å². The molecule has 3 heterocycles.